The predicted octanol–water partition coefficient (Wildman–Crippen LogP) is 2.38. The van der Waals surface area contributed by atoms with Gasteiger partial charge in [0.05, 0.1) is 5.56 Å². The summed E-state index contributed by atoms with van der Waals surface area (Å²) >= 11 is 0. The molecule has 5 nitrogen and oxygen atoms in total. The molecule has 0 aromatic heterocycles. The first-order valence-corrected chi connectivity index (χ1v) is 7.82. The van der Waals surface area contributed by atoms with Gasteiger partial charge in [0.15, 0.2) is 5.78 Å². The lowest BCUT2D eigenvalue weighted by Crippen LogP contribution is -2.40. The Bertz CT molecular complexity index is 777. The lowest BCUT2D eigenvalue weighted by Gasteiger charge is -2.18. The Balaban J connectivity index is 2.05. The molecule has 3 N–H and O–H groups in total. The van der Waals surface area contributed by atoms with Crippen LogP contribution in [0.1, 0.15) is 35.3 Å². The first kappa shape index (κ1) is 18.3. The van der Waals surface area contributed by atoms with Gasteiger partial charge in [-0.2, -0.15) is 0 Å². The maximum absolute atomic E-state index is 13.6. The summed E-state index contributed by atoms with van der Waals surface area (Å²) < 4.78 is 13.6. The number of amides is 2. The summed E-state index contributed by atoms with van der Waals surface area (Å²) in [5.74, 6) is -3.04. The van der Waals surface area contributed by atoms with Crippen molar-refractivity contribution in [3.8, 4) is 0 Å². The SMILES string of the molecule is C[C@H](CC(=O)c1ccccc1F)C(=O)N[C@H](C(N)=O)c1ccccc1. The minimum Gasteiger partial charge on any atom is -0.368 e. The number of Topliss-reactive ketones (excluding diaryl/α,β-unsaturated/α-hetero) is 1. The maximum atomic E-state index is 13.6. The molecule has 6 heteroatoms. The lowest BCUT2D eigenvalue weighted by molar-refractivity contribution is -0.129. The molecule has 0 saturated heterocycles. The Morgan fingerprint density at radius 2 is 1.64 bits per heavy atom. The van der Waals surface area contributed by atoms with Gasteiger partial charge in [0, 0.05) is 12.3 Å². The highest BCUT2D eigenvalue weighted by molar-refractivity contribution is 5.99. The fraction of sp³-hybridized carbons (Fsp3) is 0.211. The number of primary amides is 1. The smallest absolute Gasteiger partial charge is 0.244 e. The van der Waals surface area contributed by atoms with Crippen LogP contribution in [-0.2, 0) is 9.59 Å². The number of nitrogens with one attached hydrogen (secondary N) is 1. The third-order valence-electron chi connectivity index (χ3n) is 3.82. The molecule has 0 fully saturated rings. The second-order valence-electron chi connectivity index (χ2n) is 5.76. The molecule has 2 aromatic rings. The molecule has 25 heavy (non-hydrogen) atoms. The summed E-state index contributed by atoms with van der Waals surface area (Å²) in [5, 5.41) is 2.54. The molecule has 2 atom stereocenters. The van der Waals surface area contributed by atoms with Gasteiger partial charge in [0.25, 0.3) is 0 Å². The van der Waals surface area contributed by atoms with Crippen molar-refractivity contribution in [3.05, 3.63) is 71.5 Å². The van der Waals surface area contributed by atoms with Gasteiger partial charge in [-0.05, 0) is 17.7 Å². The molecular formula is C19H19FN2O3. The molecule has 0 spiro atoms. The molecule has 0 aliphatic heterocycles. The van der Waals surface area contributed by atoms with Crippen LogP contribution in [0.3, 0.4) is 0 Å². The van der Waals surface area contributed by atoms with Crippen LogP contribution in [-0.4, -0.2) is 17.6 Å². The largest absolute Gasteiger partial charge is 0.368 e. The van der Waals surface area contributed by atoms with E-state index in [4.69, 9.17) is 5.73 Å². The Morgan fingerprint density at radius 3 is 2.24 bits per heavy atom. The van der Waals surface area contributed by atoms with E-state index >= 15 is 0 Å². The minimum atomic E-state index is -0.986. The van der Waals surface area contributed by atoms with Gasteiger partial charge in [-0.3, -0.25) is 14.4 Å². The van der Waals surface area contributed by atoms with Gasteiger partial charge < -0.3 is 11.1 Å². The van der Waals surface area contributed by atoms with E-state index in [1.165, 1.54) is 25.1 Å². The fourth-order valence-electron chi connectivity index (χ4n) is 2.42. The molecular weight excluding hydrogens is 323 g/mol. The first-order valence-electron chi connectivity index (χ1n) is 7.82. The van der Waals surface area contributed by atoms with E-state index < -0.39 is 35.4 Å². The van der Waals surface area contributed by atoms with Crippen molar-refractivity contribution < 1.29 is 18.8 Å². The lowest BCUT2D eigenvalue weighted by atomic mass is 9.97. The number of rotatable bonds is 7. The zero-order chi connectivity index (χ0) is 18.4. The second kappa shape index (κ2) is 8.19. The van der Waals surface area contributed by atoms with E-state index in [0.717, 1.165) is 0 Å². The quantitative estimate of drug-likeness (QED) is 0.757. The Kier molecular flexibility index (Phi) is 6.00. The average Bonchev–Trinajstić information content (AvgIpc) is 2.60. The van der Waals surface area contributed by atoms with Gasteiger partial charge >= 0.3 is 0 Å². The normalized spacial score (nSPS) is 12.9. The Morgan fingerprint density at radius 1 is 1.04 bits per heavy atom. The number of carbonyl (C=O) groups excluding carboxylic acids is 3. The predicted molar refractivity (Wildman–Crippen MR) is 91.0 cm³/mol. The maximum Gasteiger partial charge on any atom is 0.244 e. The minimum absolute atomic E-state index is 0.0586. The molecule has 2 aromatic carbocycles. The highest BCUT2D eigenvalue weighted by atomic mass is 19.1. The fourth-order valence-corrected chi connectivity index (χ4v) is 2.42. The van der Waals surface area contributed by atoms with Crippen LogP contribution in [0.5, 0.6) is 0 Å². The molecule has 0 saturated carbocycles. The van der Waals surface area contributed by atoms with Crippen molar-refractivity contribution in [2.24, 2.45) is 11.7 Å². The van der Waals surface area contributed by atoms with Crippen molar-refractivity contribution >= 4 is 17.6 Å². The number of ketones is 1. The standard InChI is InChI=1S/C19H19FN2O3/c1-12(11-16(23)14-9-5-6-10-15(14)20)19(25)22-17(18(21)24)13-7-3-2-4-8-13/h2-10,12,17H,11H2,1H3,(H2,21,24)(H,22,25)/t12-,17+/m1/s1. The van der Waals surface area contributed by atoms with Crippen molar-refractivity contribution in [1.29, 1.82) is 0 Å². The molecule has 130 valence electrons. The summed E-state index contributed by atoms with van der Waals surface area (Å²) in [5.41, 5.74) is 5.85. The van der Waals surface area contributed by atoms with Crippen molar-refractivity contribution in [2.75, 3.05) is 0 Å². The van der Waals surface area contributed by atoms with Gasteiger partial charge in [-0.15, -0.1) is 0 Å². The zero-order valence-corrected chi connectivity index (χ0v) is 13.7. The molecule has 0 bridgehead atoms. The molecule has 0 unspecified atom stereocenters. The van der Waals surface area contributed by atoms with E-state index in [1.54, 1.807) is 36.4 Å². The van der Waals surface area contributed by atoms with Gasteiger partial charge in [-0.1, -0.05) is 49.4 Å². The summed E-state index contributed by atoms with van der Waals surface area (Å²) in [6, 6.07) is 13.2. The Labute approximate surface area is 145 Å². The molecule has 0 heterocycles. The third-order valence-corrected chi connectivity index (χ3v) is 3.82. The Hall–Kier alpha value is -3.02. The van der Waals surface area contributed by atoms with Crippen molar-refractivity contribution in [2.45, 2.75) is 19.4 Å². The number of carbonyl (C=O) groups is 3. The van der Waals surface area contributed by atoms with E-state index in [0.29, 0.717) is 5.56 Å². The first-order chi connectivity index (χ1) is 11.9. The van der Waals surface area contributed by atoms with Crippen LogP contribution in [0.15, 0.2) is 54.6 Å². The van der Waals surface area contributed by atoms with Gasteiger partial charge in [0.2, 0.25) is 11.8 Å². The molecule has 0 aliphatic carbocycles. The molecule has 0 radical (unpaired) electrons. The van der Waals surface area contributed by atoms with Crippen LogP contribution < -0.4 is 11.1 Å². The molecule has 0 aliphatic rings. The van der Waals surface area contributed by atoms with Crippen LogP contribution >= 0.6 is 0 Å². The summed E-state index contributed by atoms with van der Waals surface area (Å²) in [7, 11) is 0. The van der Waals surface area contributed by atoms with E-state index in [9.17, 15) is 18.8 Å². The van der Waals surface area contributed by atoms with E-state index in [1.807, 2.05) is 0 Å². The van der Waals surface area contributed by atoms with Gasteiger partial charge in [0.1, 0.15) is 11.9 Å². The van der Waals surface area contributed by atoms with Crippen molar-refractivity contribution in [1.82, 2.24) is 5.32 Å². The highest BCUT2D eigenvalue weighted by Crippen LogP contribution is 2.16. The topological polar surface area (TPSA) is 89.3 Å². The van der Waals surface area contributed by atoms with Crippen molar-refractivity contribution in [3.63, 3.8) is 0 Å². The molecule has 2 rings (SSSR count). The summed E-state index contributed by atoms with van der Waals surface area (Å²) in [6.07, 6.45) is -0.174. The average molecular weight is 342 g/mol. The van der Waals surface area contributed by atoms with Crippen LogP contribution in [0, 0.1) is 11.7 Å². The van der Waals surface area contributed by atoms with Crippen LogP contribution in [0.2, 0.25) is 0 Å². The molecule has 2 amide bonds. The number of hydrogen-bond acceptors (Lipinski definition) is 3. The number of benzene rings is 2. The second-order valence-corrected chi connectivity index (χ2v) is 5.76. The highest BCUT2D eigenvalue weighted by Gasteiger charge is 2.25. The monoisotopic (exact) mass is 342 g/mol. The summed E-state index contributed by atoms with van der Waals surface area (Å²) in [6.45, 7) is 1.54. The number of hydrogen-bond donors (Lipinski definition) is 2. The zero-order valence-electron chi connectivity index (χ0n) is 13.7. The van der Waals surface area contributed by atoms with E-state index in [-0.39, 0.29) is 12.0 Å². The third kappa shape index (κ3) is 4.73. The number of halogens is 1. The summed E-state index contributed by atoms with van der Waals surface area (Å²) in [4.78, 5) is 36.1. The van der Waals surface area contributed by atoms with Gasteiger partial charge in [-0.25, -0.2) is 4.39 Å². The van der Waals surface area contributed by atoms with Crippen LogP contribution in [0.25, 0.3) is 0 Å². The number of nitrogens with two attached hydrogens (primary N) is 1. The van der Waals surface area contributed by atoms with Crippen LogP contribution in [0.4, 0.5) is 4.39 Å². The van der Waals surface area contributed by atoms with E-state index in [2.05, 4.69) is 5.32 Å².